The average molecular weight is 547 g/mol. The standard InChI is InChI=1S/C34H46O4Si/c1-9-25(27-14-18-31(35)19-15-27)23-30(28-10-12-29(13-11-28)33(36)37-34(3,4)5)22-24(2)26-16-20-32(21-17-26)38-39(6,7)8/h10-21,24-25,30,35H,9,22-23H2,1-8H3. The second-order valence-electron chi connectivity index (χ2n) is 12.7. The number of ether oxygens (including phenoxy) is 1. The van der Waals surface area contributed by atoms with E-state index in [2.05, 4.69) is 69.9 Å². The Morgan fingerprint density at radius 1 is 0.795 bits per heavy atom. The molecule has 0 aromatic heterocycles. The fourth-order valence-electron chi connectivity index (χ4n) is 5.01. The van der Waals surface area contributed by atoms with E-state index in [4.69, 9.17) is 9.16 Å². The Hall–Kier alpha value is -3.05. The van der Waals surface area contributed by atoms with Crippen LogP contribution in [0, 0.1) is 0 Å². The van der Waals surface area contributed by atoms with E-state index in [1.807, 2.05) is 45.0 Å². The van der Waals surface area contributed by atoms with Gasteiger partial charge in [-0.3, -0.25) is 0 Å². The summed E-state index contributed by atoms with van der Waals surface area (Å²) in [5.41, 5.74) is 3.81. The molecule has 4 nitrogen and oxygen atoms in total. The summed E-state index contributed by atoms with van der Waals surface area (Å²) >= 11 is 0. The molecule has 3 rings (SSSR count). The molecule has 3 atom stereocenters. The van der Waals surface area contributed by atoms with Gasteiger partial charge in [0.2, 0.25) is 8.32 Å². The van der Waals surface area contributed by atoms with Crippen LogP contribution in [0.1, 0.15) is 98.7 Å². The fraction of sp³-hybridized carbons (Fsp3) is 0.441. The Morgan fingerprint density at radius 3 is 1.82 bits per heavy atom. The lowest BCUT2D eigenvalue weighted by Gasteiger charge is -2.27. The zero-order chi connectivity index (χ0) is 28.8. The zero-order valence-electron chi connectivity index (χ0n) is 25.0. The third kappa shape index (κ3) is 9.57. The molecule has 0 saturated carbocycles. The van der Waals surface area contributed by atoms with Crippen molar-refractivity contribution in [3.63, 3.8) is 0 Å². The van der Waals surface area contributed by atoms with Crippen LogP contribution < -0.4 is 4.43 Å². The number of benzene rings is 3. The van der Waals surface area contributed by atoms with E-state index in [0.29, 0.717) is 23.3 Å². The molecule has 39 heavy (non-hydrogen) atoms. The number of carbonyl (C=O) groups is 1. The molecule has 0 fully saturated rings. The first-order chi connectivity index (χ1) is 18.2. The number of hydrogen-bond donors (Lipinski definition) is 1. The quantitative estimate of drug-likeness (QED) is 0.192. The van der Waals surface area contributed by atoms with Gasteiger partial charge >= 0.3 is 5.97 Å². The van der Waals surface area contributed by atoms with Crippen molar-refractivity contribution in [2.45, 2.75) is 96.9 Å². The van der Waals surface area contributed by atoms with Crippen LogP contribution in [0.4, 0.5) is 0 Å². The van der Waals surface area contributed by atoms with Crippen LogP contribution in [-0.4, -0.2) is 25.0 Å². The second-order valence-corrected chi connectivity index (χ2v) is 17.1. The SMILES string of the molecule is CCC(CC(CC(C)c1ccc(O[Si](C)(C)C)cc1)c1ccc(C(=O)OC(C)(C)C)cc1)c1ccc(O)cc1. The van der Waals surface area contributed by atoms with Crippen LogP contribution in [0.3, 0.4) is 0 Å². The van der Waals surface area contributed by atoms with Crippen LogP contribution in [-0.2, 0) is 4.74 Å². The summed E-state index contributed by atoms with van der Waals surface area (Å²) < 4.78 is 11.7. The van der Waals surface area contributed by atoms with Crippen molar-refractivity contribution < 1.29 is 19.1 Å². The number of esters is 1. The minimum atomic E-state index is -1.65. The lowest BCUT2D eigenvalue weighted by atomic mass is 9.78. The predicted octanol–water partition coefficient (Wildman–Crippen LogP) is 9.42. The molecule has 0 aliphatic carbocycles. The van der Waals surface area contributed by atoms with Gasteiger partial charge in [0.05, 0.1) is 5.56 Å². The first kappa shape index (κ1) is 30.5. The molecule has 0 heterocycles. The molecule has 0 spiro atoms. The first-order valence-corrected chi connectivity index (χ1v) is 17.6. The topological polar surface area (TPSA) is 55.8 Å². The molecular formula is C34H46O4Si. The highest BCUT2D eigenvalue weighted by atomic mass is 28.4. The largest absolute Gasteiger partial charge is 0.544 e. The maximum Gasteiger partial charge on any atom is 0.338 e. The smallest absolute Gasteiger partial charge is 0.338 e. The van der Waals surface area contributed by atoms with Crippen molar-refractivity contribution in [1.29, 1.82) is 0 Å². The molecule has 5 heteroatoms. The number of rotatable bonds is 11. The van der Waals surface area contributed by atoms with Gasteiger partial charge in [0.15, 0.2) is 0 Å². The van der Waals surface area contributed by atoms with Gasteiger partial charge in [0.25, 0.3) is 0 Å². The summed E-state index contributed by atoms with van der Waals surface area (Å²) in [6, 6.07) is 24.2. The van der Waals surface area contributed by atoms with Gasteiger partial charge in [-0.05, 0) is 131 Å². The normalized spacial score (nSPS) is 14.4. The van der Waals surface area contributed by atoms with E-state index < -0.39 is 13.9 Å². The summed E-state index contributed by atoms with van der Waals surface area (Å²) in [5, 5.41) is 9.79. The van der Waals surface area contributed by atoms with Crippen LogP contribution in [0.2, 0.25) is 19.6 Å². The van der Waals surface area contributed by atoms with E-state index in [1.54, 1.807) is 12.1 Å². The Bertz CT molecular complexity index is 1190. The molecule has 0 aliphatic heterocycles. The van der Waals surface area contributed by atoms with Crippen LogP contribution in [0.25, 0.3) is 0 Å². The number of carbonyl (C=O) groups excluding carboxylic acids is 1. The Labute approximate surface area is 236 Å². The molecule has 3 aromatic carbocycles. The van der Waals surface area contributed by atoms with Gasteiger partial charge < -0.3 is 14.3 Å². The molecule has 210 valence electrons. The number of aromatic hydroxyl groups is 1. The van der Waals surface area contributed by atoms with Gasteiger partial charge in [-0.2, -0.15) is 0 Å². The second kappa shape index (κ2) is 12.9. The third-order valence-electron chi connectivity index (χ3n) is 6.95. The zero-order valence-corrected chi connectivity index (χ0v) is 26.0. The maximum atomic E-state index is 12.6. The van der Waals surface area contributed by atoms with Crippen molar-refractivity contribution in [2.75, 3.05) is 0 Å². The third-order valence-corrected chi connectivity index (χ3v) is 7.80. The molecular weight excluding hydrogens is 500 g/mol. The molecule has 3 unspecified atom stereocenters. The molecule has 0 saturated heterocycles. The molecule has 0 bridgehead atoms. The molecule has 0 amide bonds. The van der Waals surface area contributed by atoms with E-state index in [-0.39, 0.29) is 11.7 Å². The van der Waals surface area contributed by atoms with E-state index in [9.17, 15) is 9.90 Å². The van der Waals surface area contributed by atoms with Crippen molar-refractivity contribution in [2.24, 2.45) is 0 Å². The van der Waals surface area contributed by atoms with Gasteiger partial charge in [-0.15, -0.1) is 0 Å². The van der Waals surface area contributed by atoms with Gasteiger partial charge in [0, 0.05) is 0 Å². The minimum absolute atomic E-state index is 0.290. The highest BCUT2D eigenvalue weighted by Gasteiger charge is 2.24. The number of phenols is 1. The van der Waals surface area contributed by atoms with Crippen molar-refractivity contribution >= 4 is 14.3 Å². The lowest BCUT2D eigenvalue weighted by Crippen LogP contribution is -2.29. The highest BCUT2D eigenvalue weighted by molar-refractivity contribution is 6.70. The average Bonchev–Trinajstić information content (AvgIpc) is 2.85. The van der Waals surface area contributed by atoms with Crippen LogP contribution in [0.5, 0.6) is 11.5 Å². The van der Waals surface area contributed by atoms with Crippen molar-refractivity contribution in [3.05, 3.63) is 95.1 Å². The Kier molecular flexibility index (Phi) is 10.1. The van der Waals surface area contributed by atoms with Gasteiger partial charge in [-0.25, -0.2) is 4.79 Å². The van der Waals surface area contributed by atoms with Crippen LogP contribution in [0.15, 0.2) is 72.8 Å². The van der Waals surface area contributed by atoms with E-state index in [1.165, 1.54) is 16.7 Å². The Balaban J connectivity index is 1.85. The van der Waals surface area contributed by atoms with Gasteiger partial charge in [-0.1, -0.05) is 50.2 Å². The summed E-state index contributed by atoms with van der Waals surface area (Å²) in [6.07, 6.45) is 2.97. The number of hydrogen-bond acceptors (Lipinski definition) is 4. The minimum Gasteiger partial charge on any atom is -0.544 e. The molecule has 3 aromatic rings. The van der Waals surface area contributed by atoms with Gasteiger partial charge in [0.1, 0.15) is 17.1 Å². The summed E-state index contributed by atoms with van der Waals surface area (Å²) in [7, 11) is -1.65. The highest BCUT2D eigenvalue weighted by Crippen LogP contribution is 2.39. The summed E-state index contributed by atoms with van der Waals surface area (Å²) in [5.74, 6) is 1.94. The lowest BCUT2D eigenvalue weighted by molar-refractivity contribution is 0.00694. The first-order valence-electron chi connectivity index (χ1n) is 14.2. The number of phenolic OH excluding ortho intramolecular Hbond substituents is 1. The molecule has 0 aliphatic rings. The van der Waals surface area contributed by atoms with Crippen molar-refractivity contribution in [1.82, 2.24) is 0 Å². The summed E-state index contributed by atoms with van der Waals surface area (Å²) in [6.45, 7) is 16.7. The predicted molar refractivity (Wildman–Crippen MR) is 164 cm³/mol. The molecule has 0 radical (unpaired) electrons. The maximum absolute atomic E-state index is 12.6. The van der Waals surface area contributed by atoms with E-state index >= 15 is 0 Å². The Morgan fingerprint density at radius 2 is 1.31 bits per heavy atom. The molecule has 1 N–H and O–H groups in total. The van der Waals surface area contributed by atoms with Crippen LogP contribution >= 0.6 is 0 Å². The fourth-order valence-corrected chi connectivity index (χ4v) is 5.85. The van der Waals surface area contributed by atoms with Crippen molar-refractivity contribution in [3.8, 4) is 11.5 Å². The summed E-state index contributed by atoms with van der Waals surface area (Å²) in [4.78, 5) is 12.6. The monoisotopic (exact) mass is 546 g/mol. The van der Waals surface area contributed by atoms with E-state index in [0.717, 1.165) is 25.0 Å².